The number of likely N-dealkylation sites (tertiary alicyclic amines) is 1. The summed E-state index contributed by atoms with van der Waals surface area (Å²) >= 11 is 4.86. The summed E-state index contributed by atoms with van der Waals surface area (Å²) in [6.07, 6.45) is 2.41. The van der Waals surface area contributed by atoms with E-state index in [-0.39, 0.29) is 18.4 Å². The van der Waals surface area contributed by atoms with Gasteiger partial charge in [0.25, 0.3) is 0 Å². The van der Waals surface area contributed by atoms with Gasteiger partial charge in [0.15, 0.2) is 0 Å². The van der Waals surface area contributed by atoms with Crippen molar-refractivity contribution >= 4 is 34.7 Å². The fraction of sp³-hybridized carbons (Fsp3) is 0.357. The van der Waals surface area contributed by atoms with Crippen LogP contribution in [0, 0.1) is 0 Å². The van der Waals surface area contributed by atoms with E-state index in [4.69, 9.17) is 18.0 Å². The van der Waals surface area contributed by atoms with Crippen molar-refractivity contribution in [2.24, 2.45) is 5.73 Å². The summed E-state index contributed by atoms with van der Waals surface area (Å²) in [6.45, 7) is 0.766. The third-order valence-electron chi connectivity index (χ3n) is 3.21. The van der Waals surface area contributed by atoms with Crippen LogP contribution in [0.1, 0.15) is 24.8 Å². The standard InChI is InChI=1S/C14H17N3O2S/c15-14(20)10-4-6-11(7-5-10)16-12(18)9-17-8-2-1-3-13(17)19/h4-7H,1-3,8-9H2,(H2,15,20)(H,16,18). The van der Waals surface area contributed by atoms with Crippen LogP contribution in [0.5, 0.6) is 0 Å². The van der Waals surface area contributed by atoms with Gasteiger partial charge in [0.05, 0.1) is 6.54 Å². The maximum Gasteiger partial charge on any atom is 0.243 e. The number of nitrogens with zero attached hydrogens (tertiary/aromatic N) is 1. The van der Waals surface area contributed by atoms with Crippen LogP contribution in [0.4, 0.5) is 5.69 Å². The molecule has 3 N–H and O–H groups in total. The Morgan fingerprint density at radius 1 is 1.30 bits per heavy atom. The second-order valence-electron chi connectivity index (χ2n) is 4.76. The molecule has 106 valence electrons. The minimum absolute atomic E-state index is 0.0511. The van der Waals surface area contributed by atoms with E-state index in [0.717, 1.165) is 18.4 Å². The molecule has 6 heteroatoms. The molecule has 1 aromatic carbocycles. The normalized spacial score (nSPS) is 15.0. The topological polar surface area (TPSA) is 75.4 Å². The van der Waals surface area contributed by atoms with Crippen molar-refractivity contribution in [3.63, 3.8) is 0 Å². The molecule has 1 saturated heterocycles. The van der Waals surface area contributed by atoms with E-state index in [9.17, 15) is 9.59 Å². The highest BCUT2D eigenvalue weighted by Crippen LogP contribution is 2.12. The maximum atomic E-state index is 11.9. The molecule has 0 bridgehead atoms. The lowest BCUT2D eigenvalue weighted by atomic mass is 10.1. The molecule has 0 atom stereocenters. The van der Waals surface area contributed by atoms with Crippen LogP contribution in [0.3, 0.4) is 0 Å². The number of thiocarbonyl (C=S) groups is 1. The van der Waals surface area contributed by atoms with E-state index in [1.54, 1.807) is 29.2 Å². The van der Waals surface area contributed by atoms with Crippen LogP contribution >= 0.6 is 12.2 Å². The first-order valence-electron chi connectivity index (χ1n) is 6.54. The van der Waals surface area contributed by atoms with Crippen molar-refractivity contribution in [3.8, 4) is 0 Å². The van der Waals surface area contributed by atoms with Crippen LogP contribution in [-0.4, -0.2) is 34.8 Å². The van der Waals surface area contributed by atoms with Crippen LogP contribution in [0.15, 0.2) is 24.3 Å². The van der Waals surface area contributed by atoms with Gasteiger partial charge in [0, 0.05) is 24.2 Å². The first kappa shape index (κ1) is 14.5. The molecule has 1 aliphatic heterocycles. The number of hydrogen-bond donors (Lipinski definition) is 2. The summed E-state index contributed by atoms with van der Waals surface area (Å²) in [7, 11) is 0. The number of carbonyl (C=O) groups excluding carboxylic acids is 2. The molecule has 0 unspecified atom stereocenters. The zero-order chi connectivity index (χ0) is 14.5. The van der Waals surface area contributed by atoms with Gasteiger partial charge in [-0.2, -0.15) is 0 Å². The van der Waals surface area contributed by atoms with Crippen molar-refractivity contribution in [1.82, 2.24) is 4.90 Å². The fourth-order valence-electron chi connectivity index (χ4n) is 2.12. The number of rotatable bonds is 4. The third kappa shape index (κ3) is 3.77. The lowest BCUT2D eigenvalue weighted by Crippen LogP contribution is -2.40. The molecule has 1 heterocycles. The van der Waals surface area contributed by atoms with E-state index in [2.05, 4.69) is 5.32 Å². The Labute approximate surface area is 123 Å². The van der Waals surface area contributed by atoms with Crippen molar-refractivity contribution in [3.05, 3.63) is 29.8 Å². The molecule has 0 saturated carbocycles. The first-order chi connectivity index (χ1) is 9.56. The Balaban J connectivity index is 1.90. The van der Waals surface area contributed by atoms with E-state index in [1.807, 2.05) is 0 Å². The molecule has 0 aliphatic carbocycles. The molecule has 0 radical (unpaired) electrons. The van der Waals surface area contributed by atoms with E-state index in [1.165, 1.54) is 0 Å². The monoisotopic (exact) mass is 291 g/mol. The second kappa shape index (κ2) is 6.47. The first-order valence-corrected chi connectivity index (χ1v) is 6.94. The lowest BCUT2D eigenvalue weighted by Gasteiger charge is -2.25. The zero-order valence-corrected chi connectivity index (χ0v) is 11.9. The van der Waals surface area contributed by atoms with E-state index < -0.39 is 0 Å². The van der Waals surface area contributed by atoms with Crippen molar-refractivity contribution in [1.29, 1.82) is 0 Å². The number of nitrogens with two attached hydrogens (primary N) is 1. The number of anilines is 1. The zero-order valence-electron chi connectivity index (χ0n) is 11.1. The predicted octanol–water partition coefficient (Wildman–Crippen LogP) is 1.27. The van der Waals surface area contributed by atoms with Crippen molar-refractivity contribution < 1.29 is 9.59 Å². The Morgan fingerprint density at radius 2 is 2.00 bits per heavy atom. The third-order valence-corrected chi connectivity index (χ3v) is 3.44. The average Bonchev–Trinajstić information content (AvgIpc) is 2.42. The minimum Gasteiger partial charge on any atom is -0.389 e. The molecular weight excluding hydrogens is 274 g/mol. The highest BCUT2D eigenvalue weighted by molar-refractivity contribution is 7.80. The molecule has 1 aliphatic rings. The molecule has 5 nitrogen and oxygen atoms in total. The molecule has 2 rings (SSSR count). The number of nitrogens with one attached hydrogen (secondary N) is 1. The largest absolute Gasteiger partial charge is 0.389 e. The molecule has 20 heavy (non-hydrogen) atoms. The van der Waals surface area contributed by atoms with Crippen LogP contribution in [0.2, 0.25) is 0 Å². The SMILES string of the molecule is NC(=S)c1ccc(NC(=O)CN2CCCCC2=O)cc1. The minimum atomic E-state index is -0.191. The van der Waals surface area contributed by atoms with Gasteiger partial charge in [-0.05, 0) is 37.1 Å². The Kier molecular flexibility index (Phi) is 4.68. The number of hydrogen-bond acceptors (Lipinski definition) is 3. The highest BCUT2D eigenvalue weighted by atomic mass is 32.1. The second-order valence-corrected chi connectivity index (χ2v) is 5.20. The molecule has 0 aromatic heterocycles. The van der Waals surface area contributed by atoms with Gasteiger partial charge in [0.1, 0.15) is 4.99 Å². The van der Waals surface area contributed by atoms with Gasteiger partial charge in [-0.1, -0.05) is 12.2 Å². The summed E-state index contributed by atoms with van der Waals surface area (Å²) in [5.41, 5.74) is 6.92. The summed E-state index contributed by atoms with van der Waals surface area (Å²) in [6, 6.07) is 6.99. The Hall–Kier alpha value is -1.95. The van der Waals surface area contributed by atoms with Gasteiger partial charge < -0.3 is 16.0 Å². The molecular formula is C14H17N3O2S. The Bertz CT molecular complexity index is 528. The van der Waals surface area contributed by atoms with Crippen molar-refractivity contribution in [2.45, 2.75) is 19.3 Å². The number of carbonyl (C=O) groups is 2. The van der Waals surface area contributed by atoms with Gasteiger partial charge in [-0.25, -0.2) is 0 Å². The quantitative estimate of drug-likeness (QED) is 0.819. The van der Waals surface area contributed by atoms with Crippen LogP contribution in [-0.2, 0) is 9.59 Å². The fourth-order valence-corrected chi connectivity index (χ4v) is 2.26. The summed E-state index contributed by atoms with van der Waals surface area (Å²) in [5, 5.41) is 2.76. The molecule has 2 amide bonds. The van der Waals surface area contributed by atoms with E-state index >= 15 is 0 Å². The summed E-state index contributed by atoms with van der Waals surface area (Å²) in [5.74, 6) is -0.140. The van der Waals surface area contributed by atoms with Gasteiger partial charge in [-0.15, -0.1) is 0 Å². The van der Waals surface area contributed by atoms with E-state index in [0.29, 0.717) is 23.6 Å². The average molecular weight is 291 g/mol. The number of benzene rings is 1. The Morgan fingerprint density at radius 3 is 2.60 bits per heavy atom. The van der Waals surface area contributed by atoms with Gasteiger partial charge in [-0.3, -0.25) is 9.59 Å². The smallest absolute Gasteiger partial charge is 0.243 e. The number of amides is 2. The molecule has 1 fully saturated rings. The van der Waals surface area contributed by atoms with Crippen LogP contribution < -0.4 is 11.1 Å². The van der Waals surface area contributed by atoms with Gasteiger partial charge >= 0.3 is 0 Å². The summed E-state index contributed by atoms with van der Waals surface area (Å²) < 4.78 is 0. The van der Waals surface area contributed by atoms with Crippen LogP contribution in [0.25, 0.3) is 0 Å². The number of piperidine rings is 1. The summed E-state index contributed by atoms with van der Waals surface area (Å²) in [4.78, 5) is 25.4. The van der Waals surface area contributed by atoms with Gasteiger partial charge in [0.2, 0.25) is 11.8 Å². The maximum absolute atomic E-state index is 11.9. The lowest BCUT2D eigenvalue weighted by molar-refractivity contribution is -0.136. The highest BCUT2D eigenvalue weighted by Gasteiger charge is 2.20. The molecule has 1 aromatic rings. The van der Waals surface area contributed by atoms with Crippen molar-refractivity contribution in [2.75, 3.05) is 18.4 Å². The molecule has 0 spiro atoms. The predicted molar refractivity (Wildman–Crippen MR) is 81.4 cm³/mol.